The molecule has 0 radical (unpaired) electrons. The third kappa shape index (κ3) is 6.71. The third-order valence-electron chi connectivity index (χ3n) is 7.12. The lowest BCUT2D eigenvalue weighted by Crippen LogP contribution is -2.49. The zero-order chi connectivity index (χ0) is 29.1. The van der Waals surface area contributed by atoms with Crippen LogP contribution in [0.2, 0.25) is 0 Å². The number of hydrogen-bond acceptors (Lipinski definition) is 6. The average molecular weight is 583 g/mol. The number of piperazine rings is 1. The van der Waals surface area contributed by atoms with Gasteiger partial charge in [0.15, 0.2) is 11.6 Å². The van der Waals surface area contributed by atoms with E-state index in [0.717, 1.165) is 31.0 Å². The first-order valence-corrected chi connectivity index (χ1v) is 14.1. The average Bonchev–Trinajstić information content (AvgIpc) is 3.66. The predicted molar refractivity (Wildman–Crippen MR) is 149 cm³/mol. The number of hydrogen-bond donors (Lipinski definition) is 3. The topological polar surface area (TPSA) is 119 Å². The van der Waals surface area contributed by atoms with E-state index < -0.39 is 35.5 Å². The lowest BCUT2D eigenvalue weighted by atomic mass is 10.1. The molecule has 41 heavy (non-hydrogen) atoms. The summed E-state index contributed by atoms with van der Waals surface area (Å²) < 4.78 is 27.3. The van der Waals surface area contributed by atoms with Crippen molar-refractivity contribution in [1.29, 1.82) is 0 Å². The van der Waals surface area contributed by atoms with Crippen LogP contribution in [0.25, 0.3) is 0 Å². The number of benzene rings is 2. The van der Waals surface area contributed by atoms with E-state index in [4.69, 9.17) is 0 Å². The summed E-state index contributed by atoms with van der Waals surface area (Å²) in [6.45, 7) is 2.01. The van der Waals surface area contributed by atoms with E-state index in [0.29, 0.717) is 36.7 Å². The van der Waals surface area contributed by atoms with Crippen LogP contribution in [-0.4, -0.2) is 59.9 Å². The van der Waals surface area contributed by atoms with Gasteiger partial charge in [0.05, 0.1) is 23.8 Å². The maximum absolute atomic E-state index is 13.8. The molecule has 0 spiro atoms. The summed E-state index contributed by atoms with van der Waals surface area (Å²) in [7, 11) is 0. The van der Waals surface area contributed by atoms with Gasteiger partial charge in [-0.2, -0.15) is 0 Å². The number of anilines is 2. The van der Waals surface area contributed by atoms with E-state index in [1.807, 2.05) is 9.80 Å². The van der Waals surface area contributed by atoms with Gasteiger partial charge in [0.1, 0.15) is 0 Å². The second-order valence-electron chi connectivity index (χ2n) is 10.0. The number of thiophene rings is 1. The molecule has 1 aliphatic carbocycles. The molecule has 3 amide bonds. The van der Waals surface area contributed by atoms with E-state index in [2.05, 4.69) is 10.6 Å². The molecule has 2 fully saturated rings. The zero-order valence-electron chi connectivity index (χ0n) is 21.9. The summed E-state index contributed by atoms with van der Waals surface area (Å²) in [4.78, 5) is 54.7. The SMILES string of the molecule is O=C(O)CC(NC(=O)c1ccc(N2CCN(C(=O)C3CC3)CC2)c(NC(=O)c2ccc(F)c(F)c2)c1)c1cccs1. The van der Waals surface area contributed by atoms with Gasteiger partial charge < -0.3 is 25.5 Å². The number of carboxylic acids is 1. The van der Waals surface area contributed by atoms with Crippen molar-refractivity contribution in [2.75, 3.05) is 36.4 Å². The maximum atomic E-state index is 13.8. The Labute approximate surface area is 238 Å². The first kappa shape index (κ1) is 28.2. The van der Waals surface area contributed by atoms with Gasteiger partial charge in [0.25, 0.3) is 11.8 Å². The summed E-state index contributed by atoms with van der Waals surface area (Å²) in [5, 5.41) is 16.6. The summed E-state index contributed by atoms with van der Waals surface area (Å²) in [5.74, 6) is -4.29. The Morgan fingerprint density at radius 3 is 2.27 bits per heavy atom. The van der Waals surface area contributed by atoms with Crippen molar-refractivity contribution < 1.29 is 33.1 Å². The van der Waals surface area contributed by atoms with Crippen LogP contribution in [0.3, 0.4) is 0 Å². The molecule has 1 aromatic heterocycles. The van der Waals surface area contributed by atoms with E-state index in [9.17, 15) is 33.1 Å². The summed E-state index contributed by atoms with van der Waals surface area (Å²) in [5.41, 5.74) is 0.921. The number of amides is 3. The van der Waals surface area contributed by atoms with E-state index in [1.54, 1.807) is 29.6 Å². The highest BCUT2D eigenvalue weighted by molar-refractivity contribution is 7.10. The normalized spacial score (nSPS) is 15.8. The van der Waals surface area contributed by atoms with Crippen molar-refractivity contribution in [3.05, 3.63) is 81.5 Å². The van der Waals surface area contributed by atoms with Crippen molar-refractivity contribution in [2.24, 2.45) is 5.92 Å². The minimum absolute atomic E-state index is 0.108. The lowest BCUT2D eigenvalue weighted by Gasteiger charge is -2.37. The van der Waals surface area contributed by atoms with Crippen LogP contribution >= 0.6 is 11.3 Å². The minimum Gasteiger partial charge on any atom is -0.481 e. The second-order valence-corrected chi connectivity index (χ2v) is 11.0. The molecule has 1 saturated carbocycles. The van der Waals surface area contributed by atoms with Crippen LogP contribution in [0.15, 0.2) is 53.9 Å². The summed E-state index contributed by atoms with van der Waals surface area (Å²) in [6.07, 6.45) is 1.53. The number of nitrogens with one attached hydrogen (secondary N) is 2. The van der Waals surface area contributed by atoms with Crippen LogP contribution in [0, 0.1) is 17.6 Å². The van der Waals surface area contributed by atoms with Crippen molar-refractivity contribution in [3.8, 4) is 0 Å². The molecule has 5 rings (SSSR count). The fraction of sp³-hybridized carbons (Fsp3) is 0.310. The molecule has 12 heteroatoms. The van der Waals surface area contributed by atoms with Crippen LogP contribution in [0.1, 0.15) is 50.9 Å². The van der Waals surface area contributed by atoms with E-state index in [1.165, 1.54) is 17.4 Å². The number of halogens is 2. The molecule has 1 unspecified atom stereocenters. The highest BCUT2D eigenvalue weighted by Gasteiger charge is 2.35. The minimum atomic E-state index is -1.17. The maximum Gasteiger partial charge on any atom is 0.305 e. The monoisotopic (exact) mass is 582 g/mol. The van der Waals surface area contributed by atoms with Gasteiger partial charge in [0.2, 0.25) is 5.91 Å². The third-order valence-corrected chi connectivity index (χ3v) is 8.10. The molecule has 3 N–H and O–H groups in total. The molecule has 1 saturated heterocycles. The Hall–Kier alpha value is -4.32. The smallest absolute Gasteiger partial charge is 0.305 e. The molecule has 214 valence electrons. The first-order chi connectivity index (χ1) is 19.7. The van der Waals surface area contributed by atoms with Crippen molar-refractivity contribution in [1.82, 2.24) is 10.2 Å². The standard InChI is InChI=1S/C29H28F2N4O5S/c30-20-7-5-18(14-21(20)31)27(38)32-22-15-19(28(39)33-23(16-26(36)37)25-2-1-13-41-25)6-8-24(22)34-9-11-35(12-10-34)29(40)17-3-4-17/h1-2,5-8,13-15,17,23H,3-4,9-12,16H2,(H,32,38)(H,33,39)(H,36,37). The van der Waals surface area contributed by atoms with Gasteiger partial charge >= 0.3 is 5.97 Å². The Kier molecular flexibility index (Phi) is 8.29. The number of carboxylic acid groups (broad SMARTS) is 1. The number of carbonyl (C=O) groups is 4. The Balaban J connectivity index is 1.39. The molecule has 1 aliphatic heterocycles. The van der Waals surface area contributed by atoms with Crippen molar-refractivity contribution in [2.45, 2.75) is 25.3 Å². The van der Waals surface area contributed by atoms with Gasteiger partial charge in [-0.1, -0.05) is 6.07 Å². The molecule has 2 aromatic carbocycles. The van der Waals surface area contributed by atoms with Crippen molar-refractivity contribution in [3.63, 3.8) is 0 Å². The molecular formula is C29H28F2N4O5S. The lowest BCUT2D eigenvalue weighted by molar-refractivity contribution is -0.137. The van der Waals surface area contributed by atoms with Crippen LogP contribution in [0.5, 0.6) is 0 Å². The zero-order valence-corrected chi connectivity index (χ0v) is 22.8. The van der Waals surface area contributed by atoms with Crippen LogP contribution in [0.4, 0.5) is 20.2 Å². The van der Waals surface area contributed by atoms with E-state index >= 15 is 0 Å². The van der Waals surface area contributed by atoms with Crippen LogP contribution < -0.4 is 15.5 Å². The number of nitrogens with zero attached hydrogens (tertiary/aromatic N) is 2. The summed E-state index contributed by atoms with van der Waals surface area (Å²) in [6, 6.07) is 10.3. The van der Waals surface area contributed by atoms with Gasteiger partial charge in [-0.3, -0.25) is 19.2 Å². The van der Waals surface area contributed by atoms with Crippen molar-refractivity contribution >= 4 is 46.4 Å². The van der Waals surface area contributed by atoms with E-state index in [-0.39, 0.29) is 35.1 Å². The van der Waals surface area contributed by atoms with Gasteiger partial charge in [-0.25, -0.2) is 8.78 Å². The molecule has 3 aromatic rings. The highest BCUT2D eigenvalue weighted by Crippen LogP contribution is 2.33. The Morgan fingerprint density at radius 1 is 0.927 bits per heavy atom. The van der Waals surface area contributed by atoms with Gasteiger partial charge in [0, 0.05) is 48.1 Å². The number of carbonyl (C=O) groups excluding carboxylic acids is 3. The Bertz CT molecular complexity index is 1470. The van der Waals surface area contributed by atoms with Gasteiger partial charge in [-0.05, 0) is 60.7 Å². The predicted octanol–water partition coefficient (Wildman–Crippen LogP) is 4.28. The fourth-order valence-electron chi connectivity index (χ4n) is 4.77. The largest absolute Gasteiger partial charge is 0.481 e. The Morgan fingerprint density at radius 2 is 1.63 bits per heavy atom. The van der Waals surface area contributed by atoms with Crippen LogP contribution in [-0.2, 0) is 9.59 Å². The molecule has 9 nitrogen and oxygen atoms in total. The quantitative estimate of drug-likeness (QED) is 0.347. The number of aliphatic carboxylic acids is 1. The molecule has 2 heterocycles. The summed E-state index contributed by atoms with van der Waals surface area (Å²) >= 11 is 1.32. The number of rotatable bonds is 9. The second kappa shape index (κ2) is 12.0. The molecule has 0 bridgehead atoms. The molecule has 1 atom stereocenters. The van der Waals surface area contributed by atoms with Gasteiger partial charge in [-0.15, -0.1) is 11.3 Å². The molecular weight excluding hydrogens is 554 g/mol. The first-order valence-electron chi connectivity index (χ1n) is 13.2. The highest BCUT2D eigenvalue weighted by atomic mass is 32.1. The fourth-order valence-corrected chi connectivity index (χ4v) is 5.55. The molecule has 2 aliphatic rings.